The minimum absolute atomic E-state index is 0.0361. The Kier molecular flexibility index (Phi) is 8.19. The van der Waals surface area contributed by atoms with E-state index in [9.17, 15) is 14.7 Å². The van der Waals surface area contributed by atoms with E-state index in [0.717, 1.165) is 17.5 Å². The third-order valence-corrected chi connectivity index (χ3v) is 5.15. The van der Waals surface area contributed by atoms with Gasteiger partial charge < -0.3 is 15.3 Å². The van der Waals surface area contributed by atoms with Gasteiger partial charge in [-0.15, -0.1) is 0 Å². The minimum Gasteiger partial charge on any atom is -0.387 e. The first kappa shape index (κ1) is 23.2. The highest BCUT2D eigenvalue weighted by Crippen LogP contribution is 2.12. The van der Waals surface area contributed by atoms with Crippen molar-refractivity contribution < 1.29 is 14.7 Å². The van der Waals surface area contributed by atoms with E-state index in [4.69, 9.17) is 0 Å². The lowest BCUT2D eigenvalue weighted by Gasteiger charge is -2.17. The summed E-state index contributed by atoms with van der Waals surface area (Å²) in [4.78, 5) is 33.7. The molecular formula is C25H28N4O3. The van der Waals surface area contributed by atoms with Crippen molar-refractivity contribution in [3.63, 3.8) is 0 Å². The Morgan fingerprint density at radius 3 is 2.47 bits per heavy atom. The Morgan fingerprint density at radius 1 is 1.06 bits per heavy atom. The molecule has 1 unspecified atom stereocenters. The van der Waals surface area contributed by atoms with E-state index in [1.165, 1.54) is 13.1 Å². The van der Waals surface area contributed by atoms with Gasteiger partial charge in [-0.05, 0) is 48.4 Å². The van der Waals surface area contributed by atoms with Crippen LogP contribution in [0.2, 0.25) is 0 Å². The normalized spacial score (nSPS) is 11.7. The zero-order valence-electron chi connectivity index (χ0n) is 18.4. The molecule has 0 fully saturated rings. The van der Waals surface area contributed by atoms with Crippen molar-refractivity contribution in [2.24, 2.45) is 0 Å². The molecule has 3 aromatic rings. The number of rotatable bonds is 10. The molecule has 1 atom stereocenters. The highest BCUT2D eigenvalue weighted by atomic mass is 16.3. The second-order valence-corrected chi connectivity index (χ2v) is 7.72. The zero-order chi connectivity index (χ0) is 22.9. The summed E-state index contributed by atoms with van der Waals surface area (Å²) < 4.78 is 0. The van der Waals surface area contributed by atoms with Crippen LogP contribution in [-0.4, -0.2) is 51.8 Å². The number of aliphatic hydroxyl groups is 1. The molecule has 1 amide bonds. The van der Waals surface area contributed by atoms with Crippen LogP contribution in [-0.2, 0) is 13.0 Å². The molecule has 3 rings (SSSR count). The number of ketones is 1. The lowest BCUT2D eigenvalue weighted by atomic mass is 10.1. The van der Waals surface area contributed by atoms with Crippen molar-refractivity contribution in [2.75, 3.05) is 20.1 Å². The number of Topliss-reactive ketones (excluding diaryl/α,β-unsaturated/α-hetero) is 1. The molecule has 0 radical (unpaired) electrons. The van der Waals surface area contributed by atoms with Gasteiger partial charge in [0, 0.05) is 56.8 Å². The molecule has 166 valence electrons. The molecule has 2 heterocycles. The minimum atomic E-state index is -0.696. The number of carbonyl (C=O) groups excluding carboxylic acids is 2. The molecule has 7 heteroatoms. The quantitative estimate of drug-likeness (QED) is 0.378. The number of amides is 1. The standard InChI is InChI=1S/C25H28N4O3/c1-18(30)23-10-9-22(15-28-23)24(31)16-27-13-11-19-5-7-21(8-6-19)25(32)29(2)17-20-4-3-12-26-14-20/h3-10,12,14-15,24,27,31H,11,13,16-17H2,1-2H3. The van der Waals surface area contributed by atoms with Crippen LogP contribution in [0.15, 0.2) is 67.1 Å². The van der Waals surface area contributed by atoms with Gasteiger partial charge in [-0.2, -0.15) is 0 Å². The number of pyridine rings is 2. The molecule has 0 saturated carbocycles. The van der Waals surface area contributed by atoms with E-state index in [-0.39, 0.29) is 11.7 Å². The molecule has 2 aromatic heterocycles. The van der Waals surface area contributed by atoms with Crippen LogP contribution in [0.1, 0.15) is 50.6 Å². The van der Waals surface area contributed by atoms with Crippen molar-refractivity contribution in [2.45, 2.75) is 26.0 Å². The van der Waals surface area contributed by atoms with Crippen LogP contribution in [0, 0.1) is 0 Å². The molecule has 2 N–H and O–H groups in total. The van der Waals surface area contributed by atoms with Gasteiger partial charge in [-0.3, -0.25) is 19.6 Å². The number of nitrogens with one attached hydrogen (secondary N) is 1. The summed E-state index contributed by atoms with van der Waals surface area (Å²) in [6.45, 7) is 3.04. The van der Waals surface area contributed by atoms with Crippen LogP contribution in [0.25, 0.3) is 0 Å². The first-order valence-electron chi connectivity index (χ1n) is 10.5. The Labute approximate surface area is 188 Å². The van der Waals surface area contributed by atoms with Crippen LogP contribution < -0.4 is 5.32 Å². The summed E-state index contributed by atoms with van der Waals surface area (Å²) >= 11 is 0. The molecular weight excluding hydrogens is 404 g/mol. The predicted molar refractivity (Wildman–Crippen MR) is 122 cm³/mol. The summed E-state index contributed by atoms with van der Waals surface area (Å²) in [6.07, 6.45) is 5.08. The van der Waals surface area contributed by atoms with Crippen LogP contribution >= 0.6 is 0 Å². The number of benzene rings is 1. The molecule has 0 spiro atoms. The van der Waals surface area contributed by atoms with Crippen LogP contribution in [0.3, 0.4) is 0 Å². The number of hydrogen-bond acceptors (Lipinski definition) is 6. The Balaban J connectivity index is 1.43. The molecule has 0 aliphatic rings. The number of aliphatic hydroxyl groups excluding tert-OH is 1. The Bertz CT molecular complexity index is 1020. The summed E-state index contributed by atoms with van der Waals surface area (Å²) in [5, 5.41) is 13.5. The number of carbonyl (C=O) groups is 2. The van der Waals surface area contributed by atoms with E-state index in [0.29, 0.717) is 36.5 Å². The van der Waals surface area contributed by atoms with Crippen molar-refractivity contribution >= 4 is 11.7 Å². The molecule has 0 saturated heterocycles. The third-order valence-electron chi connectivity index (χ3n) is 5.15. The number of aromatic nitrogens is 2. The maximum Gasteiger partial charge on any atom is 0.253 e. The molecule has 0 bridgehead atoms. The van der Waals surface area contributed by atoms with Crippen molar-refractivity contribution in [3.05, 3.63) is 95.1 Å². The van der Waals surface area contributed by atoms with Gasteiger partial charge in [0.05, 0.1) is 6.10 Å². The van der Waals surface area contributed by atoms with Gasteiger partial charge in [-0.1, -0.05) is 24.3 Å². The van der Waals surface area contributed by atoms with E-state index in [2.05, 4.69) is 15.3 Å². The van der Waals surface area contributed by atoms with Gasteiger partial charge in [0.25, 0.3) is 5.91 Å². The van der Waals surface area contributed by atoms with Crippen molar-refractivity contribution in [1.82, 2.24) is 20.2 Å². The fourth-order valence-electron chi connectivity index (χ4n) is 3.27. The van der Waals surface area contributed by atoms with E-state index >= 15 is 0 Å². The van der Waals surface area contributed by atoms with Gasteiger partial charge in [0.15, 0.2) is 5.78 Å². The average molecular weight is 433 g/mol. The van der Waals surface area contributed by atoms with Gasteiger partial charge in [-0.25, -0.2) is 0 Å². The van der Waals surface area contributed by atoms with E-state index in [1.807, 2.05) is 36.4 Å². The molecule has 7 nitrogen and oxygen atoms in total. The second kappa shape index (κ2) is 11.3. The third kappa shape index (κ3) is 6.54. The predicted octanol–water partition coefficient (Wildman–Crippen LogP) is 2.82. The average Bonchev–Trinajstić information content (AvgIpc) is 2.82. The largest absolute Gasteiger partial charge is 0.387 e. The van der Waals surface area contributed by atoms with Crippen LogP contribution in [0.4, 0.5) is 0 Å². The smallest absolute Gasteiger partial charge is 0.253 e. The molecule has 32 heavy (non-hydrogen) atoms. The molecule has 0 aliphatic carbocycles. The van der Waals surface area contributed by atoms with Gasteiger partial charge in [0.1, 0.15) is 5.69 Å². The van der Waals surface area contributed by atoms with Gasteiger partial charge >= 0.3 is 0 Å². The highest BCUT2D eigenvalue weighted by molar-refractivity contribution is 5.94. The van der Waals surface area contributed by atoms with E-state index in [1.54, 1.807) is 36.5 Å². The number of hydrogen-bond donors (Lipinski definition) is 2. The summed E-state index contributed by atoms with van der Waals surface area (Å²) in [5.74, 6) is -0.136. The maximum atomic E-state index is 12.6. The lowest BCUT2D eigenvalue weighted by Crippen LogP contribution is -2.26. The summed E-state index contributed by atoms with van der Waals surface area (Å²) in [7, 11) is 1.78. The fourth-order valence-corrected chi connectivity index (χ4v) is 3.27. The lowest BCUT2D eigenvalue weighted by molar-refractivity contribution is 0.0784. The van der Waals surface area contributed by atoms with Crippen molar-refractivity contribution in [3.8, 4) is 0 Å². The monoisotopic (exact) mass is 432 g/mol. The van der Waals surface area contributed by atoms with E-state index < -0.39 is 6.10 Å². The molecule has 1 aromatic carbocycles. The second-order valence-electron chi connectivity index (χ2n) is 7.72. The zero-order valence-corrected chi connectivity index (χ0v) is 18.4. The SMILES string of the molecule is CC(=O)c1ccc(C(O)CNCCc2ccc(C(=O)N(C)Cc3cccnc3)cc2)cn1. The first-order valence-corrected chi connectivity index (χ1v) is 10.5. The summed E-state index contributed by atoms with van der Waals surface area (Å²) in [6, 6.07) is 14.7. The molecule has 0 aliphatic heterocycles. The van der Waals surface area contributed by atoms with Gasteiger partial charge in [0.2, 0.25) is 0 Å². The highest BCUT2D eigenvalue weighted by Gasteiger charge is 2.12. The summed E-state index contributed by atoms with van der Waals surface area (Å²) in [5.41, 5.74) is 3.79. The maximum absolute atomic E-state index is 12.6. The van der Waals surface area contributed by atoms with Crippen molar-refractivity contribution in [1.29, 1.82) is 0 Å². The Hall–Kier alpha value is -3.42. The number of nitrogens with zero attached hydrogens (tertiary/aromatic N) is 3. The van der Waals surface area contributed by atoms with Crippen LogP contribution in [0.5, 0.6) is 0 Å². The fraction of sp³-hybridized carbons (Fsp3) is 0.280. The topological polar surface area (TPSA) is 95.4 Å². The first-order chi connectivity index (χ1) is 15.4. The Morgan fingerprint density at radius 2 is 1.84 bits per heavy atom.